The predicted octanol–water partition coefficient (Wildman–Crippen LogP) is 8.01. The summed E-state index contributed by atoms with van der Waals surface area (Å²) in [4.78, 5) is 45.5. The average molecular weight is 935 g/mol. The first-order chi connectivity index (χ1) is 31.8. The summed E-state index contributed by atoms with van der Waals surface area (Å²) in [6.45, 7) is 7.19. The van der Waals surface area contributed by atoms with E-state index in [1.54, 1.807) is 72.8 Å². The Morgan fingerprint density at radius 2 is 0.833 bits per heavy atom. The average Bonchev–Trinajstić information content (AvgIpc) is 3.98. The van der Waals surface area contributed by atoms with Crippen molar-refractivity contribution in [2.24, 2.45) is 0 Å². The zero-order valence-corrected chi connectivity index (χ0v) is 39.1. The Morgan fingerprint density at radius 3 is 1.18 bits per heavy atom. The van der Waals surface area contributed by atoms with Crippen LogP contribution in [0.1, 0.15) is 75.8 Å². The van der Waals surface area contributed by atoms with Crippen LogP contribution in [0.2, 0.25) is 0 Å². The summed E-state index contributed by atoms with van der Waals surface area (Å²) in [7, 11) is -5.05. The molecule has 16 heteroatoms. The molecule has 0 amide bonds. The molecule has 14 nitrogen and oxygen atoms in total. The normalized spacial score (nSPS) is 16.0. The van der Waals surface area contributed by atoms with Crippen molar-refractivity contribution in [3.05, 3.63) is 133 Å². The molecule has 6 aromatic rings. The number of likely N-dealkylation sites (tertiary alicyclic amines) is 2. The van der Waals surface area contributed by atoms with E-state index in [2.05, 4.69) is 9.80 Å². The molecule has 2 aromatic heterocycles. The third-order valence-corrected chi connectivity index (χ3v) is 16.1. The van der Waals surface area contributed by atoms with E-state index in [4.69, 9.17) is 19.1 Å². The number of aromatic nitrogens is 2. The van der Waals surface area contributed by atoms with E-state index in [0.717, 1.165) is 64.7 Å². The van der Waals surface area contributed by atoms with Gasteiger partial charge in [-0.15, -0.1) is 0 Å². The molecule has 66 heavy (non-hydrogen) atoms. The summed E-state index contributed by atoms with van der Waals surface area (Å²) in [6.07, 6.45) is 6.13. The molecule has 8 rings (SSSR count). The molecule has 0 bridgehead atoms. The molecule has 2 aliphatic heterocycles. The minimum Gasteiger partial charge on any atom is -0.496 e. The molecular weight excluding hydrogens is 881 g/mol. The van der Waals surface area contributed by atoms with Crippen molar-refractivity contribution in [2.45, 2.75) is 84.0 Å². The number of hydrogen-bond acceptors (Lipinski definition) is 12. The molecule has 0 aliphatic carbocycles. The highest BCUT2D eigenvalue weighted by Gasteiger charge is 2.33. The Labute approximate surface area is 386 Å². The Balaban J connectivity index is 1.20. The smallest absolute Gasteiger partial charge is 0.444 e. The first-order valence-corrected chi connectivity index (χ1v) is 25.1. The van der Waals surface area contributed by atoms with Crippen LogP contribution in [0.3, 0.4) is 0 Å². The van der Waals surface area contributed by atoms with Crippen molar-refractivity contribution >= 4 is 31.6 Å². The molecule has 2 unspecified atom stereocenters. The van der Waals surface area contributed by atoms with Crippen LogP contribution in [0.15, 0.2) is 141 Å². The molecule has 2 aliphatic rings. The van der Waals surface area contributed by atoms with E-state index < -0.39 is 31.6 Å². The minimum atomic E-state index is -3.98. The van der Waals surface area contributed by atoms with E-state index in [0.29, 0.717) is 34.0 Å². The third kappa shape index (κ3) is 9.27. The van der Waals surface area contributed by atoms with E-state index in [9.17, 15) is 26.4 Å². The lowest BCUT2D eigenvalue weighted by molar-refractivity contribution is -0.168. The fourth-order valence-corrected chi connectivity index (χ4v) is 11.5. The maximum absolute atomic E-state index is 14.3. The lowest BCUT2D eigenvalue weighted by atomic mass is 10.1. The summed E-state index contributed by atoms with van der Waals surface area (Å²) in [5.74, 6) is -2.13. The molecule has 2 atom stereocenters. The number of benzene rings is 4. The van der Waals surface area contributed by atoms with Gasteiger partial charge in [-0.25, -0.2) is 26.4 Å². The molecule has 4 heterocycles. The van der Waals surface area contributed by atoms with Gasteiger partial charge in [-0.05, 0) is 151 Å². The quantitative estimate of drug-likeness (QED) is 0.0972. The number of nitrogens with zero attached hydrogens (tertiary/aromatic N) is 4. The number of rotatable bonds is 14. The van der Waals surface area contributed by atoms with Gasteiger partial charge >= 0.3 is 11.9 Å². The molecular formula is C50H54N4O10S2. The van der Waals surface area contributed by atoms with Gasteiger partial charge in [0.15, 0.2) is 0 Å². The highest BCUT2D eigenvalue weighted by atomic mass is 32.2. The second kappa shape index (κ2) is 19.7. The largest absolute Gasteiger partial charge is 0.496 e. The standard InChI is InChI=1S/C50H54N4O10S2/c1-35(51-29-13-7-14-30-51)43-23-25-45(41-33-39(21-27-47(41)61-3)65(57,58)37-17-9-5-10-18-37)53(43)63-49(55)50(56)64-54-44(36(2)52-31-15-8-16-32-52)24-26-46(54)42-34-40(22-28-48(42)62-4)66(59,60)38-19-11-6-12-20-38/h5-6,9-12,17-28,33-36H,7-8,13-16,29-32H2,1-4H3. The number of sulfone groups is 2. The van der Waals surface area contributed by atoms with E-state index in [1.807, 2.05) is 13.8 Å². The van der Waals surface area contributed by atoms with E-state index in [-0.39, 0.29) is 43.1 Å². The van der Waals surface area contributed by atoms with Crippen LogP contribution in [0.5, 0.6) is 11.5 Å². The van der Waals surface area contributed by atoms with Gasteiger partial charge in [-0.3, -0.25) is 9.80 Å². The van der Waals surface area contributed by atoms with E-state index in [1.165, 1.54) is 72.2 Å². The Morgan fingerprint density at radius 1 is 0.470 bits per heavy atom. The lowest BCUT2D eigenvalue weighted by Gasteiger charge is -2.33. The van der Waals surface area contributed by atoms with Gasteiger partial charge in [0.1, 0.15) is 11.5 Å². The van der Waals surface area contributed by atoms with Crippen LogP contribution < -0.4 is 19.1 Å². The third-order valence-electron chi connectivity index (χ3n) is 12.6. The molecule has 0 N–H and O–H groups in total. The monoisotopic (exact) mass is 934 g/mol. The Bertz CT molecular complexity index is 2720. The second-order valence-corrected chi connectivity index (χ2v) is 20.4. The van der Waals surface area contributed by atoms with Crippen molar-refractivity contribution in [1.29, 1.82) is 0 Å². The fraction of sp³-hybridized carbons (Fsp3) is 0.320. The van der Waals surface area contributed by atoms with Gasteiger partial charge in [-0.1, -0.05) is 49.2 Å². The summed E-state index contributed by atoms with van der Waals surface area (Å²) < 4.78 is 69.5. The van der Waals surface area contributed by atoms with Crippen LogP contribution in [-0.4, -0.2) is 88.4 Å². The molecule has 0 radical (unpaired) electrons. The molecule has 2 saturated heterocycles. The number of carbonyl (C=O) groups is 2. The van der Waals surface area contributed by atoms with Gasteiger partial charge in [-0.2, -0.15) is 9.46 Å². The van der Waals surface area contributed by atoms with Crippen molar-refractivity contribution in [3.63, 3.8) is 0 Å². The molecule has 4 aromatic carbocycles. The fourth-order valence-electron chi connectivity index (χ4n) is 8.90. The van der Waals surface area contributed by atoms with Crippen LogP contribution >= 0.6 is 0 Å². The summed E-state index contributed by atoms with van der Waals surface area (Å²) in [5, 5.41) is 0. The SMILES string of the molecule is COc1ccc(S(=O)(=O)c2ccccc2)cc1-c1ccc(C(C)N2CCCCC2)n1OC(=O)C(=O)On1c(-c2cc(S(=O)(=O)c3ccccc3)ccc2OC)ccc1C(C)N1CCCCC1. The van der Waals surface area contributed by atoms with Gasteiger partial charge in [0, 0.05) is 11.1 Å². The first kappa shape index (κ1) is 46.3. The maximum Gasteiger partial charge on any atom is 0.444 e. The summed E-state index contributed by atoms with van der Waals surface area (Å²) in [6, 6.07) is 31.5. The van der Waals surface area contributed by atoms with Crippen molar-refractivity contribution in [3.8, 4) is 34.0 Å². The van der Waals surface area contributed by atoms with Crippen LogP contribution in [-0.2, 0) is 29.3 Å². The Hall–Kier alpha value is -6.20. The number of methoxy groups -OCH3 is 2. The van der Waals surface area contributed by atoms with Gasteiger partial charge in [0.05, 0.1) is 68.7 Å². The zero-order chi connectivity index (χ0) is 46.6. The van der Waals surface area contributed by atoms with Crippen LogP contribution in [0.4, 0.5) is 0 Å². The second-order valence-electron chi connectivity index (χ2n) is 16.5. The van der Waals surface area contributed by atoms with Crippen molar-refractivity contribution in [1.82, 2.24) is 19.3 Å². The number of carbonyl (C=O) groups excluding carboxylic acids is 2. The Kier molecular flexibility index (Phi) is 13.8. The zero-order valence-electron chi connectivity index (χ0n) is 37.5. The van der Waals surface area contributed by atoms with E-state index >= 15 is 0 Å². The van der Waals surface area contributed by atoms with Crippen molar-refractivity contribution < 1.29 is 45.6 Å². The number of ether oxygens (including phenoxy) is 2. The highest BCUT2D eigenvalue weighted by molar-refractivity contribution is 7.91. The number of piperidine rings is 2. The molecule has 0 saturated carbocycles. The van der Waals surface area contributed by atoms with Crippen LogP contribution in [0, 0.1) is 0 Å². The number of hydrogen-bond donors (Lipinski definition) is 0. The van der Waals surface area contributed by atoms with Gasteiger partial charge in [0.2, 0.25) is 19.7 Å². The minimum absolute atomic E-state index is 0.0137. The predicted molar refractivity (Wildman–Crippen MR) is 247 cm³/mol. The highest BCUT2D eigenvalue weighted by Crippen LogP contribution is 2.39. The van der Waals surface area contributed by atoms with Crippen LogP contribution in [0.25, 0.3) is 22.5 Å². The first-order valence-electron chi connectivity index (χ1n) is 22.2. The molecule has 346 valence electrons. The topological polar surface area (TPSA) is 156 Å². The molecule has 0 spiro atoms. The van der Waals surface area contributed by atoms with Gasteiger partial charge in [0.25, 0.3) is 0 Å². The lowest BCUT2D eigenvalue weighted by Crippen LogP contribution is -2.39. The molecule has 2 fully saturated rings. The van der Waals surface area contributed by atoms with Gasteiger partial charge < -0.3 is 19.1 Å². The summed E-state index contributed by atoms with van der Waals surface area (Å²) in [5.41, 5.74) is 2.20. The van der Waals surface area contributed by atoms with Crippen molar-refractivity contribution in [2.75, 3.05) is 40.4 Å². The summed E-state index contributed by atoms with van der Waals surface area (Å²) >= 11 is 0. The maximum atomic E-state index is 14.3.